The van der Waals surface area contributed by atoms with Gasteiger partial charge in [0.15, 0.2) is 0 Å². The zero-order chi connectivity index (χ0) is 12.4. The molecule has 0 fully saturated rings. The molecule has 1 aromatic heterocycles. The van der Waals surface area contributed by atoms with Crippen molar-refractivity contribution in [3.63, 3.8) is 0 Å². The first-order valence-corrected chi connectivity index (χ1v) is 7.87. The molecule has 2 nitrogen and oxygen atoms in total. The normalized spacial score (nSPS) is 10.6. The summed E-state index contributed by atoms with van der Waals surface area (Å²) in [6.07, 6.45) is 0. The van der Waals surface area contributed by atoms with Gasteiger partial charge in [-0.1, -0.05) is 0 Å². The lowest BCUT2D eigenvalue weighted by molar-refractivity contribution is 1.10. The van der Waals surface area contributed by atoms with E-state index in [1.54, 1.807) is 11.3 Å². The summed E-state index contributed by atoms with van der Waals surface area (Å²) < 4.78 is 2.32. The molecule has 0 saturated heterocycles. The topological polar surface area (TPSA) is 24.9 Å². The van der Waals surface area contributed by atoms with Crippen LogP contribution in [0.15, 0.2) is 22.7 Å². The fourth-order valence-corrected chi connectivity index (χ4v) is 3.30. The Bertz CT molecular complexity index is 539. The smallest absolute Gasteiger partial charge is 0.0900 e. The minimum Gasteiger partial charge on any atom is -0.379 e. The molecule has 0 atom stereocenters. The van der Waals surface area contributed by atoms with E-state index >= 15 is 0 Å². The molecule has 0 radical (unpaired) electrons. The van der Waals surface area contributed by atoms with Crippen LogP contribution in [0.2, 0.25) is 0 Å². The molecule has 0 bridgehead atoms. The van der Waals surface area contributed by atoms with Crippen LogP contribution >= 0.6 is 49.9 Å². The van der Waals surface area contributed by atoms with E-state index in [-0.39, 0.29) is 0 Å². The Kier molecular flexibility index (Phi) is 4.43. The number of aryl methyl sites for hydroxylation is 2. The van der Waals surface area contributed by atoms with Crippen molar-refractivity contribution in [2.75, 3.05) is 5.32 Å². The average molecular weight is 423 g/mol. The lowest BCUT2D eigenvalue weighted by Gasteiger charge is -2.08. The van der Waals surface area contributed by atoms with Crippen molar-refractivity contribution in [2.24, 2.45) is 0 Å². The predicted molar refractivity (Wildman–Crippen MR) is 85.8 cm³/mol. The second kappa shape index (κ2) is 5.67. The molecule has 2 aromatic rings. The summed E-state index contributed by atoms with van der Waals surface area (Å²) in [6.45, 7) is 4.93. The zero-order valence-electron chi connectivity index (χ0n) is 9.55. The van der Waals surface area contributed by atoms with E-state index in [1.165, 1.54) is 8.45 Å². The lowest BCUT2D eigenvalue weighted by atomic mass is 10.3. The van der Waals surface area contributed by atoms with Gasteiger partial charge in [-0.2, -0.15) is 0 Å². The molecule has 5 heteroatoms. The van der Waals surface area contributed by atoms with Crippen LogP contribution in [0.5, 0.6) is 0 Å². The average Bonchev–Trinajstić information content (AvgIpc) is 2.59. The van der Waals surface area contributed by atoms with Crippen molar-refractivity contribution in [2.45, 2.75) is 20.4 Å². The lowest BCUT2D eigenvalue weighted by Crippen LogP contribution is -2.00. The van der Waals surface area contributed by atoms with E-state index in [4.69, 9.17) is 0 Å². The summed E-state index contributed by atoms with van der Waals surface area (Å²) in [5, 5.41) is 4.57. The van der Waals surface area contributed by atoms with E-state index < -0.39 is 0 Å². The second-order valence-electron chi connectivity index (χ2n) is 3.72. The summed E-state index contributed by atoms with van der Waals surface area (Å²) in [7, 11) is 0. The molecule has 1 N–H and O–H groups in total. The Hall–Kier alpha value is -0.140. The van der Waals surface area contributed by atoms with Gasteiger partial charge in [-0.05, 0) is 70.6 Å². The van der Waals surface area contributed by atoms with Gasteiger partial charge in [0.25, 0.3) is 0 Å². The van der Waals surface area contributed by atoms with Gasteiger partial charge in [0.2, 0.25) is 0 Å². The number of nitrogens with one attached hydrogen (secondary N) is 1. The van der Waals surface area contributed by atoms with Crippen molar-refractivity contribution >= 4 is 55.5 Å². The van der Waals surface area contributed by atoms with Crippen molar-refractivity contribution in [3.8, 4) is 0 Å². The van der Waals surface area contributed by atoms with Crippen LogP contribution in [-0.2, 0) is 6.54 Å². The molecule has 2 rings (SSSR count). The number of nitrogens with zero attached hydrogens (tertiary/aromatic N) is 1. The fraction of sp³-hybridized carbons (Fsp3) is 0.250. The van der Waals surface area contributed by atoms with Crippen LogP contribution in [-0.4, -0.2) is 4.98 Å². The number of rotatable bonds is 3. The van der Waals surface area contributed by atoms with Gasteiger partial charge >= 0.3 is 0 Å². The van der Waals surface area contributed by atoms with E-state index in [0.717, 1.165) is 27.4 Å². The van der Waals surface area contributed by atoms with Crippen molar-refractivity contribution in [3.05, 3.63) is 41.8 Å². The van der Waals surface area contributed by atoms with Crippen LogP contribution in [0.3, 0.4) is 0 Å². The summed E-state index contributed by atoms with van der Waals surface area (Å²) >= 11 is 7.62. The van der Waals surface area contributed by atoms with Crippen LogP contribution in [0.1, 0.15) is 15.6 Å². The molecule has 0 aliphatic carbocycles. The Morgan fingerprint density at radius 1 is 1.41 bits per heavy atom. The molecule has 0 saturated carbocycles. The Morgan fingerprint density at radius 2 is 2.18 bits per heavy atom. The second-order valence-corrected chi connectivity index (χ2v) is 7.11. The van der Waals surface area contributed by atoms with Crippen molar-refractivity contribution < 1.29 is 0 Å². The maximum atomic E-state index is 4.43. The van der Waals surface area contributed by atoms with Gasteiger partial charge in [0.05, 0.1) is 17.2 Å². The first kappa shape index (κ1) is 13.3. The SMILES string of the molecule is Cc1nc(C)c(CNc2cc(I)ccc2Br)s1. The maximum Gasteiger partial charge on any atom is 0.0900 e. The zero-order valence-corrected chi connectivity index (χ0v) is 14.1. The van der Waals surface area contributed by atoms with Gasteiger partial charge < -0.3 is 5.32 Å². The number of thiazole rings is 1. The Labute approximate surface area is 127 Å². The highest BCUT2D eigenvalue weighted by Gasteiger charge is 2.06. The molecule has 0 amide bonds. The van der Waals surface area contributed by atoms with Gasteiger partial charge in [-0.25, -0.2) is 4.98 Å². The maximum absolute atomic E-state index is 4.43. The number of hydrogen-bond donors (Lipinski definition) is 1. The van der Waals surface area contributed by atoms with Crippen LogP contribution in [0, 0.1) is 17.4 Å². The molecule has 0 unspecified atom stereocenters. The highest BCUT2D eigenvalue weighted by atomic mass is 127. The van der Waals surface area contributed by atoms with E-state index in [0.29, 0.717) is 0 Å². The number of benzene rings is 1. The third-order valence-corrected chi connectivity index (χ3v) is 4.80. The van der Waals surface area contributed by atoms with Crippen LogP contribution in [0.4, 0.5) is 5.69 Å². The molecule has 0 aliphatic rings. The molecule has 1 heterocycles. The summed E-state index contributed by atoms with van der Waals surface area (Å²) in [4.78, 5) is 5.73. The molecular formula is C12H12BrIN2S. The van der Waals surface area contributed by atoms with Gasteiger partial charge in [-0.3, -0.25) is 0 Å². The molecule has 17 heavy (non-hydrogen) atoms. The van der Waals surface area contributed by atoms with Gasteiger partial charge in [-0.15, -0.1) is 11.3 Å². The monoisotopic (exact) mass is 422 g/mol. The third-order valence-electron chi connectivity index (χ3n) is 2.37. The molecule has 90 valence electrons. The third kappa shape index (κ3) is 3.42. The molecule has 1 aromatic carbocycles. The quantitative estimate of drug-likeness (QED) is 0.722. The number of aromatic nitrogens is 1. The summed E-state index contributed by atoms with van der Waals surface area (Å²) in [6, 6.07) is 6.28. The number of halogens is 2. The number of hydrogen-bond acceptors (Lipinski definition) is 3. The van der Waals surface area contributed by atoms with E-state index in [1.807, 2.05) is 6.92 Å². The van der Waals surface area contributed by atoms with Crippen molar-refractivity contribution in [1.29, 1.82) is 0 Å². The molecular weight excluding hydrogens is 411 g/mol. The fourth-order valence-electron chi connectivity index (χ4n) is 1.55. The van der Waals surface area contributed by atoms with Gasteiger partial charge in [0.1, 0.15) is 0 Å². The first-order valence-electron chi connectivity index (χ1n) is 5.18. The van der Waals surface area contributed by atoms with E-state index in [2.05, 4.69) is 73.9 Å². The standard InChI is InChI=1S/C12H12BrIN2S/c1-7-12(17-8(2)16-7)6-15-11-5-9(14)3-4-10(11)13/h3-5,15H,6H2,1-2H3. The van der Waals surface area contributed by atoms with Crippen LogP contribution in [0.25, 0.3) is 0 Å². The Morgan fingerprint density at radius 3 is 2.82 bits per heavy atom. The minimum atomic E-state index is 0.829. The van der Waals surface area contributed by atoms with E-state index in [9.17, 15) is 0 Å². The van der Waals surface area contributed by atoms with Crippen molar-refractivity contribution in [1.82, 2.24) is 4.98 Å². The highest BCUT2D eigenvalue weighted by Crippen LogP contribution is 2.26. The molecule has 0 aliphatic heterocycles. The minimum absolute atomic E-state index is 0.829. The predicted octanol–water partition coefficient (Wildman–Crippen LogP) is 4.74. The highest BCUT2D eigenvalue weighted by molar-refractivity contribution is 14.1. The first-order chi connectivity index (χ1) is 8.06. The van der Waals surface area contributed by atoms with Gasteiger partial charge in [0, 0.05) is 18.6 Å². The molecule has 0 spiro atoms. The largest absolute Gasteiger partial charge is 0.379 e. The summed E-state index contributed by atoms with van der Waals surface area (Å²) in [5.41, 5.74) is 2.25. The number of anilines is 1. The van der Waals surface area contributed by atoms with Crippen LogP contribution < -0.4 is 5.32 Å². The summed E-state index contributed by atoms with van der Waals surface area (Å²) in [5.74, 6) is 0. The Balaban J connectivity index is 2.12.